The van der Waals surface area contributed by atoms with Gasteiger partial charge in [0.25, 0.3) is 0 Å². The minimum atomic E-state index is -1.40. The van der Waals surface area contributed by atoms with Crippen molar-refractivity contribution in [3.8, 4) is 0 Å². The van der Waals surface area contributed by atoms with E-state index in [9.17, 15) is 14.4 Å². The normalized spacial score (nSPS) is 14.6. The molecule has 3 unspecified atom stereocenters. The van der Waals surface area contributed by atoms with E-state index in [-0.39, 0.29) is 0 Å². The van der Waals surface area contributed by atoms with E-state index in [2.05, 4.69) is 10.6 Å². The number of amides is 2. The van der Waals surface area contributed by atoms with E-state index in [0.717, 1.165) is 5.75 Å². The third-order valence-corrected chi connectivity index (χ3v) is 4.30. The van der Waals surface area contributed by atoms with Crippen LogP contribution in [0.1, 0.15) is 12.8 Å². The minimum Gasteiger partial charge on any atom is -0.480 e. The van der Waals surface area contributed by atoms with Crippen molar-refractivity contribution in [3.63, 3.8) is 0 Å². The van der Waals surface area contributed by atoms with Crippen LogP contribution in [0.4, 0.5) is 0 Å². The summed E-state index contributed by atoms with van der Waals surface area (Å²) in [5.74, 6) is -1.11. The lowest BCUT2D eigenvalue weighted by molar-refractivity contribution is -0.143. The van der Waals surface area contributed by atoms with Gasteiger partial charge in [0.2, 0.25) is 11.8 Å². The van der Waals surface area contributed by atoms with Crippen molar-refractivity contribution in [2.75, 3.05) is 30.6 Å². The molecule has 0 aromatic heterocycles. The summed E-state index contributed by atoms with van der Waals surface area (Å²) in [5.41, 5.74) is 5.76. The first-order chi connectivity index (χ1) is 10.9. The molecule has 10 heteroatoms. The smallest absolute Gasteiger partial charge is 0.328 e. The number of hydrogen-bond donors (Lipinski definition) is 5. The number of carboxylic acid groups (broad SMARTS) is 1. The van der Waals surface area contributed by atoms with Crippen molar-refractivity contribution in [2.45, 2.75) is 31.0 Å². The third-order valence-electron chi connectivity index (χ3n) is 3.01. The number of thioether (sulfide) groups is 2. The maximum absolute atomic E-state index is 12.1. The van der Waals surface area contributed by atoms with Gasteiger partial charge in [0.15, 0.2) is 0 Å². The molecule has 0 fully saturated rings. The highest BCUT2D eigenvalue weighted by Gasteiger charge is 2.27. The number of aliphatic carboxylic acids is 1. The maximum Gasteiger partial charge on any atom is 0.328 e. The fourth-order valence-corrected chi connectivity index (χ4v) is 2.58. The summed E-state index contributed by atoms with van der Waals surface area (Å²) in [6, 6.07) is -3.01. The number of hydrogen-bond acceptors (Lipinski definition) is 7. The highest BCUT2D eigenvalue weighted by molar-refractivity contribution is 7.98. The molecule has 134 valence electrons. The van der Waals surface area contributed by atoms with E-state index >= 15 is 0 Å². The van der Waals surface area contributed by atoms with Gasteiger partial charge >= 0.3 is 5.97 Å². The number of carboxylic acids is 1. The molecule has 0 spiro atoms. The molecule has 0 saturated heterocycles. The Hall–Kier alpha value is -0.970. The number of carbonyl (C=O) groups is 3. The van der Waals surface area contributed by atoms with Crippen molar-refractivity contribution < 1.29 is 24.6 Å². The van der Waals surface area contributed by atoms with Crippen molar-refractivity contribution >= 4 is 41.3 Å². The first-order valence-electron chi connectivity index (χ1n) is 7.05. The van der Waals surface area contributed by atoms with Gasteiger partial charge in [-0.3, -0.25) is 9.59 Å². The van der Waals surface area contributed by atoms with Crippen LogP contribution in [0.15, 0.2) is 0 Å². The minimum absolute atomic E-state index is 0.339. The van der Waals surface area contributed by atoms with E-state index in [1.165, 1.54) is 11.8 Å². The van der Waals surface area contributed by atoms with Gasteiger partial charge in [-0.1, -0.05) is 0 Å². The van der Waals surface area contributed by atoms with Gasteiger partial charge in [-0.05, 0) is 36.9 Å². The lowest BCUT2D eigenvalue weighted by atomic mass is 10.1. The van der Waals surface area contributed by atoms with Crippen LogP contribution in [0, 0.1) is 0 Å². The lowest BCUT2D eigenvalue weighted by Gasteiger charge is -2.22. The first-order valence-corrected chi connectivity index (χ1v) is 9.84. The number of carbonyl (C=O) groups excluding carboxylic acids is 2. The van der Waals surface area contributed by atoms with Crippen LogP contribution in [0.2, 0.25) is 0 Å². The summed E-state index contributed by atoms with van der Waals surface area (Å²) in [4.78, 5) is 35.0. The number of rotatable bonds is 12. The molecule has 0 aliphatic carbocycles. The van der Waals surface area contributed by atoms with Crippen molar-refractivity contribution in [3.05, 3.63) is 0 Å². The Labute approximate surface area is 144 Å². The van der Waals surface area contributed by atoms with Gasteiger partial charge in [0, 0.05) is 0 Å². The summed E-state index contributed by atoms with van der Waals surface area (Å²) in [5, 5.41) is 22.6. The SMILES string of the molecule is CSCCC(N)C(=O)NC(CCSC)C(=O)NC(CO)C(=O)O. The summed E-state index contributed by atoms with van der Waals surface area (Å²) in [7, 11) is 0. The van der Waals surface area contributed by atoms with Gasteiger partial charge in [-0.15, -0.1) is 0 Å². The van der Waals surface area contributed by atoms with E-state index < -0.39 is 42.5 Å². The Morgan fingerprint density at radius 3 is 2.00 bits per heavy atom. The summed E-state index contributed by atoms with van der Waals surface area (Å²) in [6.45, 7) is -0.725. The van der Waals surface area contributed by atoms with Gasteiger partial charge < -0.3 is 26.6 Å². The molecular formula is C13H25N3O5S2. The van der Waals surface area contributed by atoms with Gasteiger partial charge in [0.1, 0.15) is 12.1 Å². The van der Waals surface area contributed by atoms with Crippen LogP contribution in [0.5, 0.6) is 0 Å². The molecule has 0 saturated carbocycles. The predicted octanol–water partition coefficient (Wildman–Crippen LogP) is -1.13. The van der Waals surface area contributed by atoms with E-state index in [0.29, 0.717) is 18.6 Å². The van der Waals surface area contributed by atoms with Crippen LogP contribution in [0.25, 0.3) is 0 Å². The highest BCUT2D eigenvalue weighted by Crippen LogP contribution is 2.04. The first kappa shape index (κ1) is 22.0. The molecule has 0 aliphatic heterocycles. The van der Waals surface area contributed by atoms with Gasteiger partial charge in [-0.2, -0.15) is 23.5 Å². The summed E-state index contributed by atoms with van der Waals surface area (Å²) < 4.78 is 0. The molecule has 0 radical (unpaired) electrons. The number of aliphatic hydroxyl groups excluding tert-OH is 1. The molecule has 23 heavy (non-hydrogen) atoms. The number of nitrogens with two attached hydrogens (primary N) is 1. The van der Waals surface area contributed by atoms with Crippen LogP contribution < -0.4 is 16.4 Å². The van der Waals surface area contributed by atoms with Crippen molar-refractivity contribution in [1.82, 2.24) is 10.6 Å². The van der Waals surface area contributed by atoms with E-state index in [1.807, 2.05) is 12.5 Å². The zero-order chi connectivity index (χ0) is 17.8. The molecule has 0 rings (SSSR count). The average molecular weight is 367 g/mol. The standard InChI is InChI=1S/C13H25N3O5S2/c1-22-5-3-8(14)11(18)15-9(4-6-23-2)12(19)16-10(7-17)13(20)21/h8-10,17H,3-7,14H2,1-2H3,(H,15,18)(H,16,19)(H,20,21). The molecule has 0 aliphatic rings. The molecule has 0 aromatic rings. The second-order valence-electron chi connectivity index (χ2n) is 4.81. The fourth-order valence-electron chi connectivity index (χ4n) is 1.62. The van der Waals surface area contributed by atoms with Crippen LogP contribution in [0.3, 0.4) is 0 Å². The molecular weight excluding hydrogens is 342 g/mol. The molecule has 8 nitrogen and oxygen atoms in total. The molecule has 0 bridgehead atoms. The molecule has 6 N–H and O–H groups in total. The second-order valence-corrected chi connectivity index (χ2v) is 6.78. The van der Waals surface area contributed by atoms with E-state index in [4.69, 9.17) is 15.9 Å². The van der Waals surface area contributed by atoms with Gasteiger partial charge in [-0.25, -0.2) is 4.79 Å². The Balaban J connectivity index is 4.75. The lowest BCUT2D eigenvalue weighted by Crippen LogP contribution is -2.55. The highest BCUT2D eigenvalue weighted by atomic mass is 32.2. The average Bonchev–Trinajstić information content (AvgIpc) is 2.53. The third kappa shape index (κ3) is 9.04. The fraction of sp³-hybridized carbons (Fsp3) is 0.769. The number of aliphatic hydroxyl groups is 1. The molecule has 0 aromatic carbocycles. The summed E-state index contributed by atoms with van der Waals surface area (Å²) >= 11 is 3.06. The zero-order valence-electron chi connectivity index (χ0n) is 13.3. The molecule has 0 heterocycles. The summed E-state index contributed by atoms with van der Waals surface area (Å²) in [6.07, 6.45) is 4.58. The Morgan fingerprint density at radius 2 is 1.52 bits per heavy atom. The quantitative estimate of drug-likeness (QED) is 0.292. The Kier molecular flexibility index (Phi) is 11.9. The van der Waals surface area contributed by atoms with Crippen molar-refractivity contribution in [1.29, 1.82) is 0 Å². The van der Waals surface area contributed by atoms with Crippen LogP contribution >= 0.6 is 23.5 Å². The number of nitrogens with one attached hydrogen (secondary N) is 2. The Bertz CT molecular complexity index is 398. The predicted molar refractivity (Wildman–Crippen MR) is 92.6 cm³/mol. The zero-order valence-corrected chi connectivity index (χ0v) is 14.9. The van der Waals surface area contributed by atoms with E-state index in [1.54, 1.807) is 11.8 Å². The maximum atomic E-state index is 12.1. The van der Waals surface area contributed by atoms with Crippen molar-refractivity contribution in [2.24, 2.45) is 5.73 Å². The van der Waals surface area contributed by atoms with Gasteiger partial charge in [0.05, 0.1) is 12.6 Å². The largest absolute Gasteiger partial charge is 0.480 e. The molecule has 2 amide bonds. The monoisotopic (exact) mass is 367 g/mol. The molecule has 3 atom stereocenters. The van der Waals surface area contributed by atoms with Crippen LogP contribution in [-0.2, 0) is 14.4 Å². The Morgan fingerprint density at radius 1 is 1.00 bits per heavy atom. The van der Waals surface area contributed by atoms with Crippen LogP contribution in [-0.4, -0.2) is 76.7 Å². The topological polar surface area (TPSA) is 142 Å². The second kappa shape index (κ2) is 12.5.